The zero-order valence-corrected chi connectivity index (χ0v) is 18.4. The van der Waals surface area contributed by atoms with Gasteiger partial charge in [0.05, 0.1) is 23.3 Å². The molecule has 164 valence electrons. The van der Waals surface area contributed by atoms with Gasteiger partial charge in [-0.05, 0) is 49.1 Å². The number of carbonyl (C=O) groups excluding carboxylic acids is 2. The first kappa shape index (κ1) is 22.3. The fraction of sp³-hybridized carbons (Fsp3) is 0.391. The summed E-state index contributed by atoms with van der Waals surface area (Å²) in [5.74, 6) is 0.365. The number of anilines is 1. The molecule has 0 bridgehead atoms. The topological polar surface area (TPSA) is 109 Å². The molecule has 4 heterocycles. The van der Waals surface area contributed by atoms with Gasteiger partial charge in [-0.1, -0.05) is 20.8 Å². The Bertz CT molecular complexity index is 1160. The largest absolute Gasteiger partial charge is 0.360 e. The average molecular weight is 424 g/mol. The van der Waals surface area contributed by atoms with Gasteiger partial charge in [-0.25, -0.2) is 4.98 Å². The Balaban J connectivity index is 0.000000628. The van der Waals surface area contributed by atoms with Gasteiger partial charge in [0.1, 0.15) is 12.2 Å². The number of pyridine rings is 2. The Hall–Kier alpha value is -3.42. The number of aryl methyl sites for hydroxylation is 2. The maximum absolute atomic E-state index is 12.7. The van der Waals surface area contributed by atoms with Crippen LogP contribution in [-0.4, -0.2) is 26.3 Å². The lowest BCUT2D eigenvalue weighted by Gasteiger charge is -2.19. The molecule has 0 spiro atoms. The molecule has 1 aliphatic rings. The molecular formula is C23H29N5O3. The number of amides is 2. The highest BCUT2D eigenvalue weighted by Crippen LogP contribution is 2.19. The van der Waals surface area contributed by atoms with Crippen LogP contribution in [0.4, 0.5) is 5.69 Å². The number of nitrogens with zero attached hydrogens (tertiary/aromatic N) is 2. The van der Waals surface area contributed by atoms with Crippen molar-refractivity contribution in [1.82, 2.24) is 19.9 Å². The summed E-state index contributed by atoms with van der Waals surface area (Å²) in [5, 5.41) is 5.41. The van der Waals surface area contributed by atoms with Crippen LogP contribution < -0.4 is 16.2 Å². The second-order valence-electron chi connectivity index (χ2n) is 8.35. The summed E-state index contributed by atoms with van der Waals surface area (Å²) in [6.07, 6.45) is 2.72. The van der Waals surface area contributed by atoms with Crippen LogP contribution in [0.5, 0.6) is 0 Å². The molecule has 3 aromatic rings. The van der Waals surface area contributed by atoms with Crippen LogP contribution in [0.25, 0.3) is 11.0 Å². The minimum absolute atomic E-state index is 0.111. The van der Waals surface area contributed by atoms with Gasteiger partial charge in [-0.3, -0.25) is 14.4 Å². The smallest absolute Gasteiger partial charge is 0.275 e. The zero-order valence-electron chi connectivity index (χ0n) is 18.4. The number of aromatic amines is 1. The maximum Gasteiger partial charge on any atom is 0.275 e. The molecule has 1 aliphatic heterocycles. The summed E-state index contributed by atoms with van der Waals surface area (Å²) in [6, 6.07) is 7.46. The van der Waals surface area contributed by atoms with Crippen molar-refractivity contribution >= 4 is 28.5 Å². The number of fused-ring (bicyclic) bond motifs is 2. The number of hydrogen-bond acceptors (Lipinski definition) is 4. The molecule has 3 N–H and O–H groups in total. The summed E-state index contributed by atoms with van der Waals surface area (Å²) in [5.41, 5.74) is 3.94. The second kappa shape index (κ2) is 9.59. The van der Waals surface area contributed by atoms with Crippen molar-refractivity contribution in [1.29, 1.82) is 0 Å². The lowest BCUT2D eigenvalue weighted by atomic mass is 10.0. The second-order valence-corrected chi connectivity index (χ2v) is 8.35. The summed E-state index contributed by atoms with van der Waals surface area (Å²) in [7, 11) is 0. The minimum Gasteiger partial charge on any atom is -0.360 e. The Morgan fingerprint density at radius 1 is 1.19 bits per heavy atom. The van der Waals surface area contributed by atoms with E-state index in [2.05, 4.69) is 41.4 Å². The minimum atomic E-state index is -0.347. The fourth-order valence-electron chi connectivity index (χ4n) is 3.28. The van der Waals surface area contributed by atoms with E-state index in [1.54, 1.807) is 6.92 Å². The molecule has 2 amide bonds. The molecule has 8 nitrogen and oxygen atoms in total. The monoisotopic (exact) mass is 423 g/mol. The fourth-order valence-corrected chi connectivity index (χ4v) is 3.28. The zero-order chi connectivity index (χ0) is 22.5. The van der Waals surface area contributed by atoms with Crippen molar-refractivity contribution in [3.8, 4) is 0 Å². The first-order valence-corrected chi connectivity index (χ1v) is 10.5. The molecular weight excluding hydrogens is 394 g/mol. The highest BCUT2D eigenvalue weighted by molar-refractivity contribution is 5.93. The standard InChI is InChI=1S/C19H19N5O3.C4H10/c1-11-8-12-2-5-16(25)23-18(12)19(27)24(11)10-17(26)21-9-13-3-4-14-15(22-13)6-7-20-14;1-4(2)3/h3-4,6-8,20H,2,5,9-10H2,1H3,(H,21,26)(H,23,25);4H,1-3H3. The van der Waals surface area contributed by atoms with E-state index in [0.717, 1.165) is 28.2 Å². The summed E-state index contributed by atoms with van der Waals surface area (Å²) in [4.78, 5) is 44.1. The van der Waals surface area contributed by atoms with E-state index >= 15 is 0 Å². The van der Waals surface area contributed by atoms with E-state index in [0.29, 0.717) is 18.5 Å². The van der Waals surface area contributed by atoms with E-state index < -0.39 is 0 Å². The number of carbonyl (C=O) groups is 2. The molecule has 0 aromatic carbocycles. The van der Waals surface area contributed by atoms with Gasteiger partial charge in [0.15, 0.2) is 0 Å². The van der Waals surface area contributed by atoms with E-state index in [1.165, 1.54) is 4.57 Å². The molecule has 31 heavy (non-hydrogen) atoms. The van der Waals surface area contributed by atoms with Crippen molar-refractivity contribution in [3.63, 3.8) is 0 Å². The molecule has 0 atom stereocenters. The third kappa shape index (κ3) is 5.59. The number of hydrogen-bond donors (Lipinski definition) is 3. The highest BCUT2D eigenvalue weighted by Gasteiger charge is 2.21. The molecule has 8 heteroatoms. The van der Waals surface area contributed by atoms with Crippen LogP contribution in [-0.2, 0) is 29.1 Å². The summed E-state index contributed by atoms with van der Waals surface area (Å²) in [6.45, 7) is 8.45. The van der Waals surface area contributed by atoms with Gasteiger partial charge in [0, 0.05) is 18.3 Å². The van der Waals surface area contributed by atoms with Gasteiger partial charge < -0.3 is 20.2 Å². The van der Waals surface area contributed by atoms with Crippen LogP contribution in [0.2, 0.25) is 0 Å². The van der Waals surface area contributed by atoms with Crippen LogP contribution in [0, 0.1) is 12.8 Å². The number of aromatic nitrogens is 3. The Morgan fingerprint density at radius 3 is 2.68 bits per heavy atom. The number of rotatable bonds is 4. The molecule has 3 aromatic heterocycles. The van der Waals surface area contributed by atoms with E-state index in [1.807, 2.05) is 30.5 Å². The molecule has 0 radical (unpaired) electrons. The van der Waals surface area contributed by atoms with Gasteiger partial charge in [-0.2, -0.15) is 0 Å². The van der Waals surface area contributed by atoms with E-state index in [-0.39, 0.29) is 36.2 Å². The predicted octanol–water partition coefficient (Wildman–Crippen LogP) is 2.90. The van der Waals surface area contributed by atoms with Gasteiger partial charge in [0.2, 0.25) is 11.8 Å². The van der Waals surface area contributed by atoms with Gasteiger partial charge >= 0.3 is 0 Å². The molecule has 0 fully saturated rings. The van der Waals surface area contributed by atoms with Crippen LogP contribution >= 0.6 is 0 Å². The summed E-state index contributed by atoms with van der Waals surface area (Å²) >= 11 is 0. The Labute approximate surface area is 181 Å². The quantitative estimate of drug-likeness (QED) is 0.599. The van der Waals surface area contributed by atoms with Gasteiger partial charge in [-0.15, -0.1) is 0 Å². The lowest BCUT2D eigenvalue weighted by molar-refractivity contribution is -0.122. The van der Waals surface area contributed by atoms with Crippen molar-refractivity contribution < 1.29 is 9.59 Å². The summed E-state index contributed by atoms with van der Waals surface area (Å²) < 4.78 is 1.38. The van der Waals surface area contributed by atoms with E-state index in [9.17, 15) is 14.4 Å². The molecule has 0 saturated heterocycles. The molecule has 0 unspecified atom stereocenters. The SMILES string of the molecule is CC(C)C.Cc1cc2c(c(=O)n1CC(=O)NCc1ccc3[nH]ccc3n1)NC(=O)CC2. The first-order chi connectivity index (χ1) is 14.7. The van der Waals surface area contributed by atoms with Crippen LogP contribution in [0.3, 0.4) is 0 Å². The number of H-pyrrole nitrogens is 1. The molecule has 4 rings (SSSR count). The van der Waals surface area contributed by atoms with E-state index in [4.69, 9.17) is 0 Å². The Kier molecular flexibility index (Phi) is 6.89. The van der Waals surface area contributed by atoms with Gasteiger partial charge in [0.25, 0.3) is 5.56 Å². The van der Waals surface area contributed by atoms with Crippen molar-refractivity contribution in [2.24, 2.45) is 5.92 Å². The van der Waals surface area contributed by atoms with Crippen molar-refractivity contribution in [3.05, 3.63) is 57.8 Å². The maximum atomic E-state index is 12.7. The third-order valence-corrected chi connectivity index (χ3v) is 4.71. The average Bonchev–Trinajstić information content (AvgIpc) is 3.18. The van der Waals surface area contributed by atoms with Crippen molar-refractivity contribution in [2.75, 3.05) is 5.32 Å². The van der Waals surface area contributed by atoms with Crippen LogP contribution in [0.15, 0.2) is 35.3 Å². The normalized spacial score (nSPS) is 12.7. The first-order valence-electron chi connectivity index (χ1n) is 10.5. The van der Waals surface area contributed by atoms with Crippen molar-refractivity contribution in [2.45, 2.75) is 53.6 Å². The highest BCUT2D eigenvalue weighted by atomic mass is 16.2. The third-order valence-electron chi connectivity index (χ3n) is 4.71. The molecule has 0 saturated carbocycles. The number of nitrogens with one attached hydrogen (secondary N) is 3. The molecule has 0 aliphatic carbocycles. The van der Waals surface area contributed by atoms with Crippen LogP contribution in [0.1, 0.15) is 44.1 Å². The predicted molar refractivity (Wildman–Crippen MR) is 121 cm³/mol. The lowest BCUT2D eigenvalue weighted by Crippen LogP contribution is -2.36. The Morgan fingerprint density at radius 2 is 1.94 bits per heavy atom.